The van der Waals surface area contributed by atoms with Crippen molar-refractivity contribution in [3.8, 4) is 16.2 Å². The van der Waals surface area contributed by atoms with Gasteiger partial charge in [-0.2, -0.15) is 0 Å². The maximum absolute atomic E-state index is 9.00. The summed E-state index contributed by atoms with van der Waals surface area (Å²) in [7, 11) is 1.67. The lowest BCUT2D eigenvalue weighted by atomic mass is 10.1. The van der Waals surface area contributed by atoms with E-state index in [1.165, 1.54) is 0 Å². The average Bonchev–Trinajstić information content (AvgIpc) is 2.77. The molecule has 0 aliphatic heterocycles. The molecule has 0 aliphatic rings. The van der Waals surface area contributed by atoms with E-state index in [2.05, 4.69) is 0 Å². The lowest BCUT2D eigenvalue weighted by Gasteiger charge is -2.05. The largest absolute Gasteiger partial charge is 0.496 e. The fraction of sp³-hybridized carbons (Fsp3) is 0.167. The average molecular weight is 220 g/mol. The zero-order chi connectivity index (χ0) is 10.7. The van der Waals surface area contributed by atoms with Gasteiger partial charge in [-0.3, -0.25) is 0 Å². The predicted octanol–water partition coefficient (Wildman–Crippen LogP) is 2.92. The zero-order valence-electron chi connectivity index (χ0n) is 8.43. The smallest absolute Gasteiger partial charge is 0.127 e. The van der Waals surface area contributed by atoms with E-state index in [-0.39, 0.29) is 6.61 Å². The van der Waals surface area contributed by atoms with E-state index in [0.29, 0.717) is 0 Å². The highest BCUT2D eigenvalue weighted by atomic mass is 32.1. The molecule has 0 unspecified atom stereocenters. The molecule has 1 heterocycles. The van der Waals surface area contributed by atoms with Crippen LogP contribution in [0.3, 0.4) is 0 Å². The minimum atomic E-state index is 0.0970. The molecule has 0 atom stereocenters. The molecule has 1 aromatic carbocycles. The van der Waals surface area contributed by atoms with Gasteiger partial charge < -0.3 is 9.84 Å². The van der Waals surface area contributed by atoms with Crippen LogP contribution in [0.5, 0.6) is 5.75 Å². The van der Waals surface area contributed by atoms with Crippen LogP contribution < -0.4 is 4.74 Å². The first-order valence-corrected chi connectivity index (χ1v) is 5.49. The number of hydrogen-bond donors (Lipinski definition) is 1. The summed E-state index contributed by atoms with van der Waals surface area (Å²) < 4.78 is 5.29. The van der Waals surface area contributed by atoms with E-state index in [9.17, 15) is 0 Å². The van der Waals surface area contributed by atoms with Crippen LogP contribution in [0, 0.1) is 0 Å². The molecule has 0 fully saturated rings. The molecular formula is C12H12O2S. The van der Waals surface area contributed by atoms with Crippen molar-refractivity contribution in [2.45, 2.75) is 6.61 Å². The van der Waals surface area contributed by atoms with E-state index in [0.717, 1.165) is 21.1 Å². The molecule has 0 spiro atoms. The Morgan fingerprint density at radius 3 is 2.67 bits per heavy atom. The molecule has 15 heavy (non-hydrogen) atoms. The van der Waals surface area contributed by atoms with Gasteiger partial charge in [0.25, 0.3) is 0 Å². The Bertz CT molecular complexity index is 448. The predicted molar refractivity (Wildman–Crippen MR) is 62.2 cm³/mol. The van der Waals surface area contributed by atoms with E-state index in [4.69, 9.17) is 9.84 Å². The first kappa shape index (κ1) is 10.2. The van der Waals surface area contributed by atoms with Crippen LogP contribution in [0.15, 0.2) is 36.4 Å². The molecule has 3 heteroatoms. The van der Waals surface area contributed by atoms with Gasteiger partial charge in [0.1, 0.15) is 5.75 Å². The van der Waals surface area contributed by atoms with Gasteiger partial charge in [-0.1, -0.05) is 12.1 Å². The van der Waals surface area contributed by atoms with Gasteiger partial charge in [0, 0.05) is 15.3 Å². The van der Waals surface area contributed by atoms with Gasteiger partial charge in [-0.05, 0) is 24.3 Å². The first-order valence-electron chi connectivity index (χ1n) is 4.68. The van der Waals surface area contributed by atoms with Crippen LogP contribution in [0.2, 0.25) is 0 Å². The number of rotatable bonds is 3. The first-order chi connectivity index (χ1) is 7.35. The Balaban J connectivity index is 2.44. The number of aliphatic hydroxyl groups excluding tert-OH is 1. The van der Waals surface area contributed by atoms with Gasteiger partial charge in [-0.15, -0.1) is 11.3 Å². The van der Waals surface area contributed by atoms with Crippen molar-refractivity contribution in [3.63, 3.8) is 0 Å². The third-order valence-corrected chi connectivity index (χ3v) is 3.29. The van der Waals surface area contributed by atoms with Crippen molar-refractivity contribution >= 4 is 11.3 Å². The second kappa shape index (κ2) is 4.47. The van der Waals surface area contributed by atoms with E-state index in [1.807, 2.05) is 36.4 Å². The fourth-order valence-electron chi connectivity index (χ4n) is 1.46. The number of thiophene rings is 1. The Kier molecular flexibility index (Phi) is 3.04. The number of methoxy groups -OCH3 is 1. The number of para-hydroxylation sites is 1. The molecule has 0 aliphatic carbocycles. The number of benzene rings is 1. The molecule has 0 bridgehead atoms. The topological polar surface area (TPSA) is 29.5 Å². The van der Waals surface area contributed by atoms with E-state index >= 15 is 0 Å². The molecule has 2 aromatic rings. The number of ether oxygens (including phenoxy) is 1. The summed E-state index contributed by atoms with van der Waals surface area (Å²) in [5.41, 5.74) is 1.07. The van der Waals surface area contributed by atoms with Crippen LogP contribution in [0.25, 0.3) is 10.4 Å². The highest BCUT2D eigenvalue weighted by Crippen LogP contribution is 2.34. The minimum absolute atomic E-state index is 0.0970. The maximum Gasteiger partial charge on any atom is 0.127 e. The van der Waals surface area contributed by atoms with Crippen molar-refractivity contribution in [2.75, 3.05) is 7.11 Å². The van der Waals surface area contributed by atoms with Gasteiger partial charge in [-0.25, -0.2) is 0 Å². The van der Waals surface area contributed by atoms with Crippen molar-refractivity contribution in [1.29, 1.82) is 0 Å². The minimum Gasteiger partial charge on any atom is -0.496 e. The lowest BCUT2D eigenvalue weighted by Crippen LogP contribution is -1.84. The molecule has 0 amide bonds. The van der Waals surface area contributed by atoms with Crippen LogP contribution in [0.1, 0.15) is 4.88 Å². The van der Waals surface area contributed by atoms with Crippen molar-refractivity contribution in [3.05, 3.63) is 41.3 Å². The number of aliphatic hydroxyl groups is 1. The number of hydrogen-bond acceptors (Lipinski definition) is 3. The van der Waals surface area contributed by atoms with Crippen LogP contribution in [-0.2, 0) is 6.61 Å². The third kappa shape index (κ3) is 2.03. The Hall–Kier alpha value is -1.32. The molecular weight excluding hydrogens is 208 g/mol. The molecule has 78 valence electrons. The quantitative estimate of drug-likeness (QED) is 0.861. The molecule has 2 nitrogen and oxygen atoms in total. The molecule has 0 radical (unpaired) electrons. The second-order valence-corrected chi connectivity index (χ2v) is 4.29. The highest BCUT2D eigenvalue weighted by molar-refractivity contribution is 7.15. The third-order valence-electron chi connectivity index (χ3n) is 2.19. The SMILES string of the molecule is COc1ccccc1-c1ccc(CO)s1. The molecule has 2 rings (SSSR count). The monoisotopic (exact) mass is 220 g/mol. The zero-order valence-corrected chi connectivity index (χ0v) is 9.25. The molecule has 1 aromatic heterocycles. The summed E-state index contributed by atoms with van der Waals surface area (Å²) in [6.45, 7) is 0.0970. The highest BCUT2D eigenvalue weighted by Gasteiger charge is 2.06. The van der Waals surface area contributed by atoms with E-state index in [1.54, 1.807) is 18.4 Å². The van der Waals surface area contributed by atoms with Gasteiger partial charge in [0.2, 0.25) is 0 Å². The summed E-state index contributed by atoms with van der Waals surface area (Å²) in [5.74, 6) is 0.865. The van der Waals surface area contributed by atoms with Crippen LogP contribution in [-0.4, -0.2) is 12.2 Å². The van der Waals surface area contributed by atoms with Crippen molar-refractivity contribution < 1.29 is 9.84 Å². The summed E-state index contributed by atoms with van der Waals surface area (Å²) in [4.78, 5) is 2.09. The lowest BCUT2D eigenvalue weighted by molar-refractivity contribution is 0.285. The van der Waals surface area contributed by atoms with Gasteiger partial charge in [0.15, 0.2) is 0 Å². The Morgan fingerprint density at radius 2 is 2.00 bits per heavy atom. The van der Waals surface area contributed by atoms with Gasteiger partial charge in [0.05, 0.1) is 13.7 Å². The molecule has 0 saturated carbocycles. The van der Waals surface area contributed by atoms with E-state index < -0.39 is 0 Å². The molecule has 0 saturated heterocycles. The second-order valence-electron chi connectivity index (χ2n) is 3.12. The summed E-state index contributed by atoms with van der Waals surface area (Å²) in [5, 5.41) is 9.00. The van der Waals surface area contributed by atoms with Gasteiger partial charge >= 0.3 is 0 Å². The Morgan fingerprint density at radius 1 is 1.20 bits per heavy atom. The maximum atomic E-state index is 9.00. The Labute approximate surface area is 92.8 Å². The van der Waals surface area contributed by atoms with Crippen molar-refractivity contribution in [2.24, 2.45) is 0 Å². The summed E-state index contributed by atoms with van der Waals surface area (Å²) in [6, 6.07) is 11.8. The van der Waals surface area contributed by atoms with Crippen molar-refractivity contribution in [1.82, 2.24) is 0 Å². The summed E-state index contributed by atoms with van der Waals surface area (Å²) >= 11 is 1.59. The standard InChI is InChI=1S/C12H12O2S/c1-14-11-5-3-2-4-10(11)12-7-6-9(8-13)15-12/h2-7,13H,8H2,1H3. The van der Waals surface area contributed by atoms with Crippen LogP contribution in [0.4, 0.5) is 0 Å². The summed E-state index contributed by atoms with van der Waals surface area (Å²) in [6.07, 6.45) is 0. The van der Waals surface area contributed by atoms with Crippen LogP contribution >= 0.6 is 11.3 Å². The fourth-order valence-corrected chi connectivity index (χ4v) is 2.35. The normalized spacial score (nSPS) is 10.3. The molecule has 1 N–H and O–H groups in total.